The number of likely N-dealkylation sites (N-methyl/N-ethyl adjacent to an activating group) is 1. The van der Waals surface area contributed by atoms with Crippen LogP contribution >= 0.6 is 11.6 Å². The number of fused-ring (bicyclic) bond motifs is 1. The van der Waals surface area contributed by atoms with Gasteiger partial charge in [-0.25, -0.2) is 0 Å². The molecule has 2 aromatic carbocycles. The van der Waals surface area contributed by atoms with Gasteiger partial charge in [0.2, 0.25) is 0 Å². The number of para-hydroxylation sites is 1. The Balaban J connectivity index is 1.49. The highest BCUT2D eigenvalue weighted by Crippen LogP contribution is 2.23. The number of benzene rings is 2. The molecule has 1 fully saturated rings. The summed E-state index contributed by atoms with van der Waals surface area (Å²) in [5.41, 5.74) is 3.88. The fourth-order valence-corrected chi connectivity index (χ4v) is 4.56. The van der Waals surface area contributed by atoms with Gasteiger partial charge in [-0.05, 0) is 55.3 Å². The predicted octanol–water partition coefficient (Wildman–Crippen LogP) is 4.92. The second-order valence-corrected chi connectivity index (χ2v) is 7.92. The van der Waals surface area contributed by atoms with Crippen molar-refractivity contribution in [2.45, 2.75) is 38.9 Å². The highest BCUT2D eigenvalue weighted by molar-refractivity contribution is 6.30. The largest absolute Gasteiger partial charge is 0.343 e. The van der Waals surface area contributed by atoms with Crippen molar-refractivity contribution in [3.05, 3.63) is 70.9 Å². The summed E-state index contributed by atoms with van der Waals surface area (Å²) in [5, 5.41) is 5.84. The molecule has 0 saturated carbocycles. The van der Waals surface area contributed by atoms with E-state index in [1.54, 1.807) is 0 Å². The molecule has 0 amide bonds. The molecule has 0 radical (unpaired) electrons. The average molecular weight is 382 g/mol. The van der Waals surface area contributed by atoms with Crippen molar-refractivity contribution in [3.8, 4) is 0 Å². The third-order valence-corrected chi connectivity index (χ3v) is 5.95. The minimum Gasteiger partial charge on any atom is -0.343 e. The van der Waals surface area contributed by atoms with Crippen molar-refractivity contribution in [2.24, 2.45) is 0 Å². The van der Waals surface area contributed by atoms with Gasteiger partial charge in [0.05, 0.1) is 0 Å². The summed E-state index contributed by atoms with van der Waals surface area (Å²) in [5.74, 6) is 0. The van der Waals surface area contributed by atoms with E-state index in [0.29, 0.717) is 6.04 Å². The van der Waals surface area contributed by atoms with Crippen molar-refractivity contribution in [3.63, 3.8) is 0 Å². The molecule has 142 valence electrons. The lowest BCUT2D eigenvalue weighted by Crippen LogP contribution is -2.37. The third kappa shape index (κ3) is 4.21. The van der Waals surface area contributed by atoms with Crippen molar-refractivity contribution in [2.75, 3.05) is 19.6 Å². The third-order valence-electron chi connectivity index (χ3n) is 5.71. The van der Waals surface area contributed by atoms with Gasteiger partial charge in [0.1, 0.15) is 0 Å². The van der Waals surface area contributed by atoms with Crippen LogP contribution in [0.15, 0.2) is 54.7 Å². The maximum absolute atomic E-state index is 6.17. The number of hydrogen-bond acceptors (Lipinski definition) is 2. The summed E-state index contributed by atoms with van der Waals surface area (Å²) in [6, 6.07) is 17.5. The molecule has 0 spiro atoms. The van der Waals surface area contributed by atoms with E-state index in [0.717, 1.165) is 31.2 Å². The molecule has 4 heteroatoms. The highest BCUT2D eigenvalue weighted by atomic mass is 35.5. The SMILES string of the molecule is CCN1CCC[C@@H]1CNCc1cn(Cc2cccc(Cl)c2)c2ccccc12. The van der Waals surface area contributed by atoms with Crippen molar-refractivity contribution in [1.82, 2.24) is 14.8 Å². The van der Waals surface area contributed by atoms with Gasteiger partial charge in [-0.3, -0.25) is 4.90 Å². The molecule has 2 heterocycles. The van der Waals surface area contributed by atoms with Crippen molar-refractivity contribution < 1.29 is 0 Å². The van der Waals surface area contributed by atoms with E-state index < -0.39 is 0 Å². The topological polar surface area (TPSA) is 20.2 Å². The molecule has 1 aromatic heterocycles. The first-order valence-electron chi connectivity index (χ1n) is 10.0. The van der Waals surface area contributed by atoms with Crippen molar-refractivity contribution >= 4 is 22.5 Å². The van der Waals surface area contributed by atoms with Crippen LogP contribution in [0.2, 0.25) is 5.02 Å². The minimum absolute atomic E-state index is 0.690. The summed E-state index contributed by atoms with van der Waals surface area (Å²) < 4.78 is 2.34. The first kappa shape index (κ1) is 18.5. The van der Waals surface area contributed by atoms with Gasteiger partial charge in [-0.2, -0.15) is 0 Å². The maximum atomic E-state index is 6.17. The standard InChI is InChI=1S/C23H28ClN3/c1-2-26-12-6-9-21(26)15-25-14-19-17-27(23-11-4-3-10-22(19)23)16-18-7-5-8-20(24)13-18/h3-5,7-8,10-11,13,17,21,25H,2,6,9,12,14-16H2,1H3/t21-/m1/s1. The van der Waals surface area contributed by atoms with E-state index in [-0.39, 0.29) is 0 Å². The average Bonchev–Trinajstić information content (AvgIpc) is 3.27. The van der Waals surface area contributed by atoms with Crippen LogP contribution in [-0.2, 0) is 13.1 Å². The molecule has 1 atom stereocenters. The Morgan fingerprint density at radius 2 is 2.04 bits per heavy atom. The zero-order valence-corrected chi connectivity index (χ0v) is 16.8. The normalized spacial score (nSPS) is 17.8. The smallest absolute Gasteiger partial charge is 0.0486 e. The van der Waals surface area contributed by atoms with Gasteiger partial charge < -0.3 is 9.88 Å². The van der Waals surface area contributed by atoms with Crippen molar-refractivity contribution in [1.29, 1.82) is 0 Å². The van der Waals surface area contributed by atoms with E-state index in [4.69, 9.17) is 11.6 Å². The zero-order chi connectivity index (χ0) is 18.6. The summed E-state index contributed by atoms with van der Waals surface area (Å²) in [6.45, 7) is 7.50. The lowest BCUT2D eigenvalue weighted by atomic mass is 10.1. The number of hydrogen-bond donors (Lipinski definition) is 1. The Kier molecular flexibility index (Phi) is 5.82. The molecule has 1 N–H and O–H groups in total. The Labute approximate surface area is 166 Å². The minimum atomic E-state index is 0.690. The van der Waals surface area contributed by atoms with E-state index >= 15 is 0 Å². The molecule has 27 heavy (non-hydrogen) atoms. The second kappa shape index (κ2) is 8.47. The molecule has 4 rings (SSSR count). The quantitative estimate of drug-likeness (QED) is 0.627. The Hall–Kier alpha value is -1.81. The fraction of sp³-hybridized carbons (Fsp3) is 0.391. The number of rotatable bonds is 7. The molecule has 1 aliphatic heterocycles. The molecule has 0 aliphatic carbocycles. The highest BCUT2D eigenvalue weighted by Gasteiger charge is 2.22. The summed E-state index contributed by atoms with van der Waals surface area (Å²) >= 11 is 6.17. The number of halogens is 1. The summed E-state index contributed by atoms with van der Waals surface area (Å²) in [7, 11) is 0. The van der Waals surface area contributed by atoms with Gasteiger partial charge in [0.25, 0.3) is 0 Å². The van der Waals surface area contributed by atoms with Crippen LogP contribution in [0.1, 0.15) is 30.9 Å². The number of nitrogens with zero attached hydrogens (tertiary/aromatic N) is 2. The molecule has 3 aromatic rings. The van der Waals surface area contributed by atoms with Crippen LogP contribution in [0.5, 0.6) is 0 Å². The Bertz CT molecular complexity index is 902. The van der Waals surface area contributed by atoms with Gasteiger partial charge in [0.15, 0.2) is 0 Å². The lowest BCUT2D eigenvalue weighted by molar-refractivity contribution is 0.260. The maximum Gasteiger partial charge on any atom is 0.0486 e. The van der Waals surface area contributed by atoms with Gasteiger partial charge >= 0.3 is 0 Å². The predicted molar refractivity (Wildman–Crippen MR) is 114 cm³/mol. The van der Waals surface area contributed by atoms with Gasteiger partial charge in [0, 0.05) is 47.8 Å². The first-order valence-corrected chi connectivity index (χ1v) is 10.4. The molecule has 0 bridgehead atoms. The Morgan fingerprint density at radius 1 is 1.15 bits per heavy atom. The van der Waals surface area contributed by atoms with Crippen LogP contribution in [0.25, 0.3) is 10.9 Å². The summed E-state index contributed by atoms with van der Waals surface area (Å²) in [4.78, 5) is 2.59. The number of aromatic nitrogens is 1. The van der Waals surface area contributed by atoms with Crippen LogP contribution in [0, 0.1) is 0 Å². The van der Waals surface area contributed by atoms with E-state index in [1.807, 2.05) is 18.2 Å². The molecule has 0 unspecified atom stereocenters. The second-order valence-electron chi connectivity index (χ2n) is 7.48. The fourth-order valence-electron chi connectivity index (χ4n) is 4.34. The summed E-state index contributed by atoms with van der Waals surface area (Å²) in [6.07, 6.45) is 4.95. The van der Waals surface area contributed by atoms with E-state index in [2.05, 4.69) is 58.2 Å². The lowest BCUT2D eigenvalue weighted by Gasteiger charge is -2.22. The molecular weight excluding hydrogens is 354 g/mol. The molecule has 3 nitrogen and oxygen atoms in total. The number of nitrogens with one attached hydrogen (secondary N) is 1. The van der Waals surface area contributed by atoms with Crippen LogP contribution in [-0.4, -0.2) is 35.1 Å². The van der Waals surface area contributed by atoms with Crippen LogP contribution < -0.4 is 5.32 Å². The monoisotopic (exact) mass is 381 g/mol. The molecule has 1 saturated heterocycles. The van der Waals surface area contributed by atoms with E-state index in [9.17, 15) is 0 Å². The zero-order valence-electron chi connectivity index (χ0n) is 16.0. The molecule has 1 aliphatic rings. The van der Waals surface area contributed by atoms with E-state index in [1.165, 1.54) is 41.4 Å². The van der Waals surface area contributed by atoms with Gasteiger partial charge in [-0.1, -0.05) is 48.9 Å². The molecular formula is C23H28ClN3. The first-order chi connectivity index (χ1) is 13.2. The number of likely N-dealkylation sites (tertiary alicyclic amines) is 1. The van der Waals surface area contributed by atoms with Gasteiger partial charge in [-0.15, -0.1) is 0 Å². The van der Waals surface area contributed by atoms with Crippen LogP contribution in [0.3, 0.4) is 0 Å². The van der Waals surface area contributed by atoms with Crippen LogP contribution in [0.4, 0.5) is 0 Å². The Morgan fingerprint density at radius 3 is 2.89 bits per heavy atom.